The monoisotopic (exact) mass is 574 g/mol. The average molecular weight is 574 g/mol. The third kappa shape index (κ3) is 5.42. The van der Waals surface area contributed by atoms with Crippen molar-refractivity contribution in [3.63, 3.8) is 0 Å². The summed E-state index contributed by atoms with van der Waals surface area (Å²) in [4.78, 5) is 19.1. The Balaban J connectivity index is 1.62. The third-order valence-corrected chi connectivity index (χ3v) is 7.27. The minimum atomic E-state index is -0.122. The molecule has 1 aromatic carbocycles. The summed E-state index contributed by atoms with van der Waals surface area (Å²) in [6.07, 6.45) is 12.8. The Hall–Kier alpha value is -2.77. The number of amides is 1. The van der Waals surface area contributed by atoms with Gasteiger partial charge in [0.05, 0.1) is 29.1 Å². The summed E-state index contributed by atoms with van der Waals surface area (Å²) in [5.74, 6) is 4.25. The number of aryl methyl sites for hydroxylation is 1. The molecule has 0 aliphatic heterocycles. The summed E-state index contributed by atoms with van der Waals surface area (Å²) in [7, 11) is 1.59. The molecule has 1 aliphatic rings. The number of methoxy groups -OCH3 is 1. The zero-order chi connectivity index (χ0) is 23.2. The lowest BCUT2D eigenvalue weighted by atomic mass is 9.95. The molecule has 3 aromatic rings. The van der Waals surface area contributed by atoms with Gasteiger partial charge in [-0.25, -0.2) is 4.99 Å². The lowest BCUT2D eigenvalue weighted by molar-refractivity contribution is 0.0948. The minimum absolute atomic E-state index is 0.122. The summed E-state index contributed by atoms with van der Waals surface area (Å²) in [6.45, 7) is 0.505. The van der Waals surface area contributed by atoms with Crippen LogP contribution >= 0.6 is 33.9 Å². The van der Waals surface area contributed by atoms with E-state index in [4.69, 9.17) is 25.3 Å². The molecule has 1 amide bonds. The highest BCUT2D eigenvalue weighted by Gasteiger charge is 2.25. The van der Waals surface area contributed by atoms with Gasteiger partial charge in [0.2, 0.25) is 0 Å². The van der Waals surface area contributed by atoms with Gasteiger partial charge in [0.15, 0.2) is 11.5 Å². The molecule has 0 saturated heterocycles. The van der Waals surface area contributed by atoms with Crippen LogP contribution in [-0.2, 0) is 19.4 Å². The normalized spacial score (nSPS) is 12.9. The molecule has 4 rings (SSSR count). The standard InChI is InChI=1S/C25H23IN2O4S/c1-3-10-32-23-19(26)12-16(13-20(23)30-2)14-28-25-22(18-8-4-5-9-21(18)33-25)24(29)27-15-17-7-6-11-31-17/h1,6-7,11-14H,4-5,8-10,15H2,2H3,(H,27,29). The van der Waals surface area contributed by atoms with E-state index in [0.717, 1.165) is 45.4 Å². The van der Waals surface area contributed by atoms with Gasteiger partial charge >= 0.3 is 0 Å². The Morgan fingerprint density at radius 1 is 1.39 bits per heavy atom. The molecule has 1 aliphatic carbocycles. The number of fused-ring (bicyclic) bond motifs is 1. The number of thiophene rings is 1. The molecule has 8 heteroatoms. The zero-order valence-electron chi connectivity index (χ0n) is 18.2. The van der Waals surface area contributed by atoms with E-state index in [1.165, 1.54) is 4.88 Å². The first-order valence-electron chi connectivity index (χ1n) is 10.5. The highest BCUT2D eigenvalue weighted by Crippen LogP contribution is 2.40. The molecule has 0 atom stereocenters. The van der Waals surface area contributed by atoms with E-state index in [0.29, 0.717) is 29.4 Å². The fourth-order valence-electron chi connectivity index (χ4n) is 3.75. The van der Waals surface area contributed by atoms with Gasteiger partial charge in [0, 0.05) is 11.1 Å². The first-order valence-corrected chi connectivity index (χ1v) is 12.4. The molecular weight excluding hydrogens is 551 g/mol. The predicted molar refractivity (Wildman–Crippen MR) is 138 cm³/mol. The Morgan fingerprint density at radius 3 is 3.00 bits per heavy atom. The molecule has 2 aromatic heterocycles. The van der Waals surface area contributed by atoms with Gasteiger partial charge in [0.25, 0.3) is 5.91 Å². The molecule has 0 spiro atoms. The maximum absolute atomic E-state index is 13.1. The summed E-state index contributed by atoms with van der Waals surface area (Å²) in [5.41, 5.74) is 2.64. The second-order valence-electron chi connectivity index (χ2n) is 7.44. The SMILES string of the molecule is C#CCOc1c(I)cc(C=Nc2sc3c(c2C(=O)NCc2ccco2)CCCC3)cc1OC. The molecule has 33 heavy (non-hydrogen) atoms. The van der Waals surface area contributed by atoms with Crippen LogP contribution in [0, 0.1) is 15.9 Å². The van der Waals surface area contributed by atoms with Crippen LogP contribution < -0.4 is 14.8 Å². The van der Waals surface area contributed by atoms with Crippen molar-refractivity contribution >= 4 is 51.1 Å². The van der Waals surface area contributed by atoms with Crippen LogP contribution in [0.4, 0.5) is 5.00 Å². The second-order valence-corrected chi connectivity index (χ2v) is 9.68. The number of nitrogens with one attached hydrogen (secondary N) is 1. The first-order chi connectivity index (χ1) is 16.1. The van der Waals surface area contributed by atoms with Crippen LogP contribution in [0.5, 0.6) is 11.5 Å². The number of hydrogen-bond donors (Lipinski definition) is 1. The second kappa shape index (κ2) is 10.9. The van der Waals surface area contributed by atoms with Crippen molar-refractivity contribution in [1.82, 2.24) is 5.32 Å². The number of carbonyl (C=O) groups is 1. The quantitative estimate of drug-likeness (QED) is 0.218. The fourth-order valence-corrected chi connectivity index (χ4v) is 5.76. The van der Waals surface area contributed by atoms with Crippen LogP contribution in [0.3, 0.4) is 0 Å². The van der Waals surface area contributed by atoms with Crippen molar-refractivity contribution in [3.05, 3.63) is 61.4 Å². The molecule has 170 valence electrons. The van der Waals surface area contributed by atoms with E-state index in [-0.39, 0.29) is 12.5 Å². The van der Waals surface area contributed by atoms with Crippen LogP contribution in [0.1, 0.15) is 45.0 Å². The van der Waals surface area contributed by atoms with Gasteiger partial charge in [-0.15, -0.1) is 17.8 Å². The van der Waals surface area contributed by atoms with E-state index >= 15 is 0 Å². The highest BCUT2D eigenvalue weighted by atomic mass is 127. The fraction of sp³-hybridized carbons (Fsp3) is 0.280. The average Bonchev–Trinajstić information content (AvgIpc) is 3.47. The van der Waals surface area contributed by atoms with Crippen LogP contribution in [0.2, 0.25) is 0 Å². The van der Waals surface area contributed by atoms with E-state index in [9.17, 15) is 4.79 Å². The van der Waals surface area contributed by atoms with E-state index in [1.54, 1.807) is 30.9 Å². The molecule has 0 unspecified atom stereocenters. The van der Waals surface area contributed by atoms with E-state index < -0.39 is 0 Å². The van der Waals surface area contributed by atoms with Crippen molar-refractivity contribution in [2.45, 2.75) is 32.2 Å². The molecule has 0 saturated carbocycles. The maximum Gasteiger partial charge on any atom is 0.255 e. The van der Waals surface area contributed by atoms with Crippen molar-refractivity contribution in [3.8, 4) is 23.8 Å². The summed E-state index contributed by atoms with van der Waals surface area (Å²) in [6, 6.07) is 7.45. The number of benzene rings is 1. The molecule has 0 radical (unpaired) electrons. The van der Waals surface area contributed by atoms with Crippen LogP contribution in [0.25, 0.3) is 0 Å². The van der Waals surface area contributed by atoms with Gasteiger partial charge in [-0.2, -0.15) is 0 Å². The smallest absolute Gasteiger partial charge is 0.255 e. The summed E-state index contributed by atoms with van der Waals surface area (Å²) >= 11 is 3.79. The molecule has 0 bridgehead atoms. The van der Waals surface area contributed by atoms with Gasteiger partial charge in [-0.05, 0) is 83.7 Å². The number of terminal acetylenes is 1. The molecule has 6 nitrogen and oxygen atoms in total. The first kappa shape index (κ1) is 23.4. The number of halogens is 1. The Kier molecular flexibility index (Phi) is 7.73. The number of rotatable bonds is 8. The van der Waals surface area contributed by atoms with Gasteiger partial charge in [-0.3, -0.25) is 4.79 Å². The van der Waals surface area contributed by atoms with Crippen molar-refractivity contribution in [1.29, 1.82) is 0 Å². The number of furan rings is 1. The van der Waals surface area contributed by atoms with E-state index in [1.807, 2.05) is 24.3 Å². The third-order valence-electron chi connectivity index (χ3n) is 5.27. The van der Waals surface area contributed by atoms with Crippen molar-refractivity contribution < 1.29 is 18.7 Å². The Labute approximate surface area is 210 Å². The van der Waals surface area contributed by atoms with E-state index in [2.05, 4.69) is 33.8 Å². The number of nitrogens with zero attached hydrogens (tertiary/aromatic N) is 1. The number of hydrogen-bond acceptors (Lipinski definition) is 6. The summed E-state index contributed by atoms with van der Waals surface area (Å²) in [5, 5.41) is 3.70. The zero-order valence-corrected chi connectivity index (χ0v) is 21.1. The topological polar surface area (TPSA) is 73.1 Å². The maximum atomic E-state index is 13.1. The highest BCUT2D eigenvalue weighted by molar-refractivity contribution is 14.1. The predicted octanol–water partition coefficient (Wildman–Crippen LogP) is 5.53. The van der Waals surface area contributed by atoms with Gasteiger partial charge in [-0.1, -0.05) is 5.92 Å². The van der Waals surface area contributed by atoms with Crippen molar-refractivity contribution in [2.24, 2.45) is 4.99 Å². The van der Waals surface area contributed by atoms with Crippen molar-refractivity contribution in [2.75, 3.05) is 13.7 Å². The number of ether oxygens (including phenoxy) is 2. The van der Waals surface area contributed by atoms with Gasteiger partial charge < -0.3 is 19.2 Å². The van der Waals surface area contributed by atoms with Crippen LogP contribution in [0.15, 0.2) is 39.9 Å². The molecule has 2 heterocycles. The number of aliphatic imine (C=N–C) groups is 1. The lowest BCUT2D eigenvalue weighted by Crippen LogP contribution is -2.23. The van der Waals surface area contributed by atoms with Gasteiger partial charge in [0.1, 0.15) is 17.4 Å². The molecular formula is C25H23IN2O4S. The largest absolute Gasteiger partial charge is 0.493 e. The lowest BCUT2D eigenvalue weighted by Gasteiger charge is -2.12. The molecule has 0 fully saturated rings. The Bertz CT molecular complexity index is 1210. The summed E-state index contributed by atoms with van der Waals surface area (Å²) < 4.78 is 17.3. The number of carbonyl (C=O) groups excluding carboxylic acids is 1. The molecule has 1 N–H and O–H groups in total. The minimum Gasteiger partial charge on any atom is -0.493 e. The Morgan fingerprint density at radius 2 is 2.24 bits per heavy atom. The van der Waals surface area contributed by atoms with Crippen LogP contribution in [-0.4, -0.2) is 25.8 Å².